The fourth-order valence-corrected chi connectivity index (χ4v) is 1.27. The van der Waals surface area contributed by atoms with Crippen molar-refractivity contribution in [3.8, 4) is 0 Å². The lowest BCUT2D eigenvalue weighted by Crippen LogP contribution is -2.29. The van der Waals surface area contributed by atoms with E-state index in [-0.39, 0.29) is 0 Å². The minimum absolute atomic E-state index is 0.917. The van der Waals surface area contributed by atoms with Gasteiger partial charge in [0.05, 0.1) is 6.21 Å². The molecule has 0 aromatic heterocycles. The summed E-state index contributed by atoms with van der Waals surface area (Å²) in [4.78, 5) is 2.32. The van der Waals surface area contributed by atoms with E-state index in [9.17, 15) is 0 Å². The van der Waals surface area contributed by atoms with Crippen LogP contribution in [0.3, 0.4) is 0 Å². The monoisotopic (exact) mass is 154 g/mol. The van der Waals surface area contributed by atoms with Crippen LogP contribution in [0.15, 0.2) is 16.8 Å². The maximum atomic E-state index is 8.29. The van der Waals surface area contributed by atoms with Gasteiger partial charge in [-0.2, -0.15) is 0 Å². The zero-order chi connectivity index (χ0) is 8.10. The lowest BCUT2D eigenvalue weighted by Gasteiger charge is -2.23. The van der Waals surface area contributed by atoms with Crippen molar-refractivity contribution in [3.63, 3.8) is 0 Å². The van der Waals surface area contributed by atoms with E-state index in [1.54, 1.807) is 0 Å². The summed E-state index contributed by atoms with van der Waals surface area (Å²) in [5.41, 5.74) is 1.11. The molecule has 3 nitrogen and oxygen atoms in total. The Balaban J connectivity index is 2.48. The Morgan fingerprint density at radius 2 is 2.64 bits per heavy atom. The summed E-state index contributed by atoms with van der Waals surface area (Å²) < 4.78 is 0. The number of hydrogen-bond acceptors (Lipinski definition) is 3. The van der Waals surface area contributed by atoms with E-state index in [0.29, 0.717) is 0 Å². The van der Waals surface area contributed by atoms with Crippen molar-refractivity contribution in [3.05, 3.63) is 11.6 Å². The highest BCUT2D eigenvalue weighted by molar-refractivity contribution is 5.78. The summed E-state index contributed by atoms with van der Waals surface area (Å²) in [6.45, 7) is 5.25. The number of likely N-dealkylation sites (N-methyl/N-ethyl adjacent to an activating group) is 1. The quantitative estimate of drug-likeness (QED) is 0.367. The van der Waals surface area contributed by atoms with Gasteiger partial charge in [-0.15, -0.1) is 0 Å². The van der Waals surface area contributed by atoms with Gasteiger partial charge < -0.3 is 5.21 Å². The molecular weight excluding hydrogens is 140 g/mol. The van der Waals surface area contributed by atoms with Crippen LogP contribution in [0.2, 0.25) is 0 Å². The molecule has 1 aliphatic heterocycles. The summed E-state index contributed by atoms with van der Waals surface area (Å²) in [5.74, 6) is 0. The number of hydrogen-bond donors (Lipinski definition) is 1. The molecule has 0 aromatic carbocycles. The second-order valence-corrected chi connectivity index (χ2v) is 2.68. The number of nitrogens with zero attached hydrogens (tertiary/aromatic N) is 2. The highest BCUT2D eigenvalue weighted by Crippen LogP contribution is 2.06. The summed E-state index contributed by atoms with van der Waals surface area (Å²) in [6, 6.07) is 0. The van der Waals surface area contributed by atoms with Gasteiger partial charge in [0.25, 0.3) is 0 Å². The van der Waals surface area contributed by atoms with Gasteiger partial charge in [0.1, 0.15) is 0 Å². The van der Waals surface area contributed by atoms with Gasteiger partial charge in [-0.25, -0.2) is 0 Å². The van der Waals surface area contributed by atoms with E-state index >= 15 is 0 Å². The van der Waals surface area contributed by atoms with E-state index in [1.165, 1.54) is 6.21 Å². The third kappa shape index (κ3) is 2.35. The first-order valence-corrected chi connectivity index (χ1v) is 3.95. The molecule has 0 bridgehead atoms. The predicted octanol–water partition coefficient (Wildman–Crippen LogP) is 1.10. The summed E-state index contributed by atoms with van der Waals surface area (Å²) in [6.07, 6.45) is 4.70. The zero-order valence-corrected chi connectivity index (χ0v) is 6.82. The molecule has 62 valence electrons. The average molecular weight is 154 g/mol. The van der Waals surface area contributed by atoms with Crippen molar-refractivity contribution in [1.29, 1.82) is 0 Å². The minimum Gasteiger partial charge on any atom is -0.411 e. The Morgan fingerprint density at radius 3 is 3.27 bits per heavy atom. The molecular formula is C8H14N2O. The summed E-state index contributed by atoms with van der Waals surface area (Å²) in [7, 11) is 0. The first-order valence-electron chi connectivity index (χ1n) is 3.95. The van der Waals surface area contributed by atoms with Crippen LogP contribution in [0.25, 0.3) is 0 Å². The van der Waals surface area contributed by atoms with Crippen LogP contribution in [0.4, 0.5) is 0 Å². The standard InChI is InChI=1S/C8H14N2O/c1-2-10-5-3-4-8(7-10)6-9-11/h4,6,11H,2-3,5,7H2,1H3/b9-6+. The van der Waals surface area contributed by atoms with Crippen molar-refractivity contribution in [2.45, 2.75) is 13.3 Å². The van der Waals surface area contributed by atoms with Crippen molar-refractivity contribution < 1.29 is 5.21 Å². The van der Waals surface area contributed by atoms with E-state index in [1.807, 2.05) is 0 Å². The molecule has 1 aliphatic rings. The van der Waals surface area contributed by atoms with Crippen LogP contribution < -0.4 is 0 Å². The molecule has 0 aromatic rings. The Bertz CT molecular complexity index is 175. The van der Waals surface area contributed by atoms with E-state index < -0.39 is 0 Å². The fraction of sp³-hybridized carbons (Fsp3) is 0.625. The normalized spacial score (nSPS) is 20.6. The Morgan fingerprint density at radius 1 is 1.82 bits per heavy atom. The van der Waals surface area contributed by atoms with E-state index in [2.05, 4.69) is 23.1 Å². The topological polar surface area (TPSA) is 35.8 Å². The zero-order valence-electron chi connectivity index (χ0n) is 6.82. The molecule has 0 aliphatic carbocycles. The minimum atomic E-state index is 0.917. The predicted molar refractivity (Wildman–Crippen MR) is 45.1 cm³/mol. The van der Waals surface area contributed by atoms with Gasteiger partial charge in [-0.1, -0.05) is 18.2 Å². The average Bonchev–Trinajstić information content (AvgIpc) is 2.06. The largest absolute Gasteiger partial charge is 0.411 e. The maximum absolute atomic E-state index is 8.29. The summed E-state index contributed by atoms with van der Waals surface area (Å²) in [5, 5.41) is 11.3. The van der Waals surface area contributed by atoms with Crippen LogP contribution in [-0.2, 0) is 0 Å². The molecule has 1 heterocycles. The van der Waals surface area contributed by atoms with Crippen molar-refractivity contribution >= 4 is 6.21 Å². The summed E-state index contributed by atoms with van der Waals surface area (Å²) >= 11 is 0. The van der Waals surface area contributed by atoms with Crippen molar-refractivity contribution in [1.82, 2.24) is 4.90 Å². The van der Waals surface area contributed by atoms with Crippen molar-refractivity contribution in [2.24, 2.45) is 5.16 Å². The molecule has 0 unspecified atom stereocenters. The number of rotatable bonds is 2. The molecule has 0 amide bonds. The lowest BCUT2D eigenvalue weighted by molar-refractivity contribution is 0.306. The van der Waals surface area contributed by atoms with Gasteiger partial charge in [0.2, 0.25) is 0 Å². The second kappa shape index (κ2) is 4.13. The highest BCUT2D eigenvalue weighted by atomic mass is 16.4. The first kappa shape index (κ1) is 8.27. The molecule has 1 rings (SSSR count). The van der Waals surface area contributed by atoms with Crippen molar-refractivity contribution in [2.75, 3.05) is 19.6 Å². The molecule has 0 saturated carbocycles. The van der Waals surface area contributed by atoms with E-state index in [4.69, 9.17) is 5.21 Å². The van der Waals surface area contributed by atoms with Gasteiger partial charge in [-0.05, 0) is 18.5 Å². The van der Waals surface area contributed by atoms with Gasteiger partial charge in [0, 0.05) is 13.1 Å². The van der Waals surface area contributed by atoms with Crippen LogP contribution in [0.1, 0.15) is 13.3 Å². The van der Waals surface area contributed by atoms with Gasteiger partial charge in [0.15, 0.2) is 0 Å². The number of oxime groups is 1. The Labute approximate surface area is 67.0 Å². The SMILES string of the molecule is CCN1CCC=C(/C=N/O)C1. The molecule has 11 heavy (non-hydrogen) atoms. The first-order chi connectivity index (χ1) is 5.36. The molecule has 0 spiro atoms. The Kier molecular flexibility index (Phi) is 3.11. The third-order valence-corrected chi connectivity index (χ3v) is 1.93. The molecule has 3 heteroatoms. The molecule has 0 atom stereocenters. The second-order valence-electron chi connectivity index (χ2n) is 2.68. The molecule has 1 N–H and O–H groups in total. The van der Waals surface area contributed by atoms with Crippen LogP contribution >= 0.6 is 0 Å². The van der Waals surface area contributed by atoms with Gasteiger partial charge >= 0.3 is 0 Å². The highest BCUT2D eigenvalue weighted by Gasteiger charge is 2.08. The van der Waals surface area contributed by atoms with Gasteiger partial charge in [-0.3, -0.25) is 4.90 Å². The van der Waals surface area contributed by atoms with Crippen LogP contribution in [0.5, 0.6) is 0 Å². The Hall–Kier alpha value is -0.830. The molecule has 0 radical (unpaired) electrons. The molecule has 0 fully saturated rings. The van der Waals surface area contributed by atoms with Crippen LogP contribution in [-0.4, -0.2) is 36.0 Å². The fourth-order valence-electron chi connectivity index (χ4n) is 1.27. The van der Waals surface area contributed by atoms with Crippen LogP contribution in [0, 0.1) is 0 Å². The smallest absolute Gasteiger partial charge is 0.0703 e. The lowest BCUT2D eigenvalue weighted by atomic mass is 10.1. The molecule has 0 saturated heterocycles. The van der Waals surface area contributed by atoms with E-state index in [0.717, 1.165) is 31.6 Å². The third-order valence-electron chi connectivity index (χ3n) is 1.93. The maximum Gasteiger partial charge on any atom is 0.0703 e.